The summed E-state index contributed by atoms with van der Waals surface area (Å²) in [4.78, 5) is 23.5. The fraction of sp³-hybridized carbons (Fsp3) is 0.667. The van der Waals surface area contributed by atoms with Crippen LogP contribution in [0.1, 0.15) is 19.3 Å². The normalized spacial score (nSPS) is 35.4. The average Bonchev–Trinajstić information content (AvgIpc) is 2.86. The monoisotopic (exact) mass is 238 g/mol. The van der Waals surface area contributed by atoms with Gasteiger partial charge < -0.3 is 14.2 Å². The van der Waals surface area contributed by atoms with E-state index < -0.39 is 5.92 Å². The van der Waals surface area contributed by atoms with Gasteiger partial charge in [0.25, 0.3) is 0 Å². The lowest BCUT2D eigenvalue weighted by atomic mass is 9.82. The van der Waals surface area contributed by atoms with Gasteiger partial charge in [-0.3, -0.25) is 9.59 Å². The van der Waals surface area contributed by atoms with Crippen molar-refractivity contribution in [2.24, 2.45) is 11.8 Å². The zero-order chi connectivity index (χ0) is 12.0. The van der Waals surface area contributed by atoms with Gasteiger partial charge in [-0.25, -0.2) is 0 Å². The van der Waals surface area contributed by atoms with Crippen LogP contribution in [0.3, 0.4) is 0 Å². The third-order valence-electron chi connectivity index (χ3n) is 3.67. The third-order valence-corrected chi connectivity index (χ3v) is 3.67. The van der Waals surface area contributed by atoms with Gasteiger partial charge >= 0.3 is 5.97 Å². The van der Waals surface area contributed by atoms with Gasteiger partial charge in [-0.2, -0.15) is 0 Å². The summed E-state index contributed by atoms with van der Waals surface area (Å²) < 4.78 is 15.7. The number of Topliss-reactive ketones (excluding diaryl/α,β-unsaturated/α-hetero) is 1. The van der Waals surface area contributed by atoms with Crippen LogP contribution in [0.25, 0.3) is 0 Å². The summed E-state index contributed by atoms with van der Waals surface area (Å²) in [5.41, 5.74) is 0.757. The number of carbonyl (C=O) groups is 2. The summed E-state index contributed by atoms with van der Waals surface area (Å²) >= 11 is 0. The van der Waals surface area contributed by atoms with Crippen molar-refractivity contribution in [3.05, 3.63) is 11.3 Å². The standard InChI is InChI=1S/C12H14O5/c1-15-11(14)6-4-8(13)10-7-2-3-16-12(7)17-9(10)5-6/h6-7,12H,2-5H2,1H3/t6?,7-,12+/m0/s1. The molecule has 0 N–H and O–H groups in total. The number of ether oxygens (including phenoxy) is 3. The first-order chi connectivity index (χ1) is 8.20. The van der Waals surface area contributed by atoms with Gasteiger partial charge in [-0.05, 0) is 6.42 Å². The highest BCUT2D eigenvalue weighted by Crippen LogP contribution is 2.44. The Labute approximate surface area is 98.7 Å². The topological polar surface area (TPSA) is 61.8 Å². The second kappa shape index (κ2) is 3.84. The van der Waals surface area contributed by atoms with E-state index in [9.17, 15) is 9.59 Å². The summed E-state index contributed by atoms with van der Waals surface area (Å²) in [6.07, 6.45) is 1.22. The van der Waals surface area contributed by atoms with Crippen molar-refractivity contribution in [2.45, 2.75) is 25.6 Å². The maximum atomic E-state index is 12.0. The minimum absolute atomic E-state index is 0.0136. The van der Waals surface area contributed by atoms with E-state index in [0.717, 1.165) is 12.0 Å². The van der Waals surface area contributed by atoms with Crippen molar-refractivity contribution < 1.29 is 23.8 Å². The number of esters is 1. The Bertz CT molecular complexity index is 411. The van der Waals surface area contributed by atoms with Crippen LogP contribution in [-0.2, 0) is 23.8 Å². The minimum Gasteiger partial charge on any atom is -0.469 e. The number of allylic oxidation sites excluding steroid dienone is 1. The maximum absolute atomic E-state index is 12.0. The smallest absolute Gasteiger partial charge is 0.309 e. The Morgan fingerprint density at radius 3 is 3.00 bits per heavy atom. The molecule has 0 aromatic rings. The molecule has 2 heterocycles. The first kappa shape index (κ1) is 10.8. The van der Waals surface area contributed by atoms with E-state index in [-0.39, 0.29) is 30.4 Å². The van der Waals surface area contributed by atoms with Crippen LogP contribution < -0.4 is 0 Å². The summed E-state index contributed by atoms with van der Waals surface area (Å²) in [5.74, 6) is -0.00125. The predicted molar refractivity (Wildman–Crippen MR) is 55.7 cm³/mol. The second-order valence-corrected chi connectivity index (χ2v) is 4.64. The van der Waals surface area contributed by atoms with Crippen LogP contribution in [-0.4, -0.2) is 31.8 Å². The van der Waals surface area contributed by atoms with Gasteiger partial charge in [0.2, 0.25) is 6.29 Å². The van der Waals surface area contributed by atoms with Crippen LogP contribution in [0.15, 0.2) is 11.3 Å². The number of methoxy groups -OCH3 is 1. The number of carbonyl (C=O) groups excluding carboxylic acids is 2. The van der Waals surface area contributed by atoms with Crippen molar-refractivity contribution in [3.8, 4) is 0 Å². The SMILES string of the molecule is COC(=O)C1CC(=O)C2=C(C1)O[C@H]1OCC[C@@H]21. The molecule has 5 nitrogen and oxygen atoms in total. The van der Waals surface area contributed by atoms with Crippen molar-refractivity contribution in [1.29, 1.82) is 0 Å². The van der Waals surface area contributed by atoms with Gasteiger partial charge in [-0.1, -0.05) is 0 Å². The molecule has 3 aliphatic rings. The van der Waals surface area contributed by atoms with Gasteiger partial charge in [0.15, 0.2) is 5.78 Å². The molecule has 92 valence electrons. The van der Waals surface area contributed by atoms with E-state index in [0.29, 0.717) is 18.8 Å². The fourth-order valence-electron chi connectivity index (χ4n) is 2.85. The molecular weight excluding hydrogens is 224 g/mol. The number of fused-ring (bicyclic) bond motifs is 2. The van der Waals surface area contributed by atoms with Gasteiger partial charge in [0.05, 0.1) is 25.6 Å². The highest BCUT2D eigenvalue weighted by atomic mass is 16.7. The molecule has 1 fully saturated rings. The first-order valence-electron chi connectivity index (χ1n) is 5.83. The molecule has 0 bridgehead atoms. The van der Waals surface area contributed by atoms with E-state index in [1.165, 1.54) is 7.11 Å². The molecule has 0 aromatic carbocycles. The van der Waals surface area contributed by atoms with Crippen molar-refractivity contribution in [3.63, 3.8) is 0 Å². The van der Waals surface area contributed by atoms with Crippen LogP contribution in [0.4, 0.5) is 0 Å². The lowest BCUT2D eigenvalue weighted by Gasteiger charge is -2.20. The largest absolute Gasteiger partial charge is 0.469 e. The average molecular weight is 238 g/mol. The Kier molecular flexibility index (Phi) is 2.43. The first-order valence-corrected chi connectivity index (χ1v) is 5.83. The number of hydrogen-bond acceptors (Lipinski definition) is 5. The van der Waals surface area contributed by atoms with E-state index in [2.05, 4.69) is 4.74 Å². The van der Waals surface area contributed by atoms with Crippen molar-refractivity contribution in [2.75, 3.05) is 13.7 Å². The number of ketones is 1. The van der Waals surface area contributed by atoms with Crippen molar-refractivity contribution >= 4 is 11.8 Å². The number of hydrogen-bond donors (Lipinski definition) is 0. The van der Waals surface area contributed by atoms with E-state index >= 15 is 0 Å². The number of rotatable bonds is 1. The quantitative estimate of drug-likeness (QED) is 0.632. The molecule has 0 spiro atoms. The molecule has 1 unspecified atom stereocenters. The predicted octanol–water partition coefficient (Wildman–Crippen LogP) is 0.785. The van der Waals surface area contributed by atoms with Crippen molar-refractivity contribution in [1.82, 2.24) is 0 Å². The highest BCUT2D eigenvalue weighted by Gasteiger charge is 2.47. The minimum atomic E-state index is -0.398. The third kappa shape index (κ3) is 1.57. The Hall–Kier alpha value is -1.36. The van der Waals surface area contributed by atoms with Gasteiger partial charge in [0.1, 0.15) is 5.76 Å². The molecule has 1 saturated heterocycles. The zero-order valence-corrected chi connectivity index (χ0v) is 9.60. The summed E-state index contributed by atoms with van der Waals surface area (Å²) in [5, 5.41) is 0. The molecule has 0 saturated carbocycles. The van der Waals surface area contributed by atoms with Crippen LogP contribution in [0.5, 0.6) is 0 Å². The summed E-state index contributed by atoms with van der Waals surface area (Å²) in [6.45, 7) is 0.639. The maximum Gasteiger partial charge on any atom is 0.309 e. The summed E-state index contributed by atoms with van der Waals surface area (Å²) in [6, 6.07) is 0. The molecular formula is C12H14O5. The molecule has 3 rings (SSSR count). The van der Waals surface area contributed by atoms with E-state index in [1.807, 2.05) is 0 Å². The van der Waals surface area contributed by atoms with E-state index in [1.54, 1.807) is 0 Å². The Balaban J connectivity index is 1.85. The Morgan fingerprint density at radius 2 is 2.24 bits per heavy atom. The molecule has 5 heteroatoms. The lowest BCUT2D eigenvalue weighted by Crippen LogP contribution is -2.26. The fourth-order valence-corrected chi connectivity index (χ4v) is 2.85. The molecule has 0 radical (unpaired) electrons. The molecule has 0 aromatic heterocycles. The van der Waals surface area contributed by atoms with Crippen LogP contribution in [0, 0.1) is 11.8 Å². The van der Waals surface area contributed by atoms with Crippen LogP contribution in [0.2, 0.25) is 0 Å². The van der Waals surface area contributed by atoms with E-state index in [4.69, 9.17) is 9.47 Å². The molecule has 0 amide bonds. The zero-order valence-electron chi connectivity index (χ0n) is 9.60. The van der Waals surface area contributed by atoms with Gasteiger partial charge in [-0.15, -0.1) is 0 Å². The lowest BCUT2D eigenvalue weighted by molar-refractivity contribution is -0.148. The molecule has 3 atom stereocenters. The highest BCUT2D eigenvalue weighted by molar-refractivity contribution is 6.00. The van der Waals surface area contributed by atoms with Crippen LogP contribution >= 0.6 is 0 Å². The molecule has 2 aliphatic heterocycles. The summed E-state index contributed by atoms with van der Waals surface area (Å²) in [7, 11) is 1.34. The Morgan fingerprint density at radius 1 is 1.41 bits per heavy atom. The molecule has 17 heavy (non-hydrogen) atoms. The van der Waals surface area contributed by atoms with Gasteiger partial charge in [0, 0.05) is 18.4 Å². The second-order valence-electron chi connectivity index (χ2n) is 4.64. The molecule has 1 aliphatic carbocycles.